The molecule has 0 saturated carbocycles. The maximum absolute atomic E-state index is 12.0. The van der Waals surface area contributed by atoms with Gasteiger partial charge in [-0.15, -0.1) is 0 Å². The largest absolute Gasteiger partial charge is 0.482 e. The number of rotatable bonds is 8. The minimum atomic E-state index is -0.607. The minimum absolute atomic E-state index is 0.172. The van der Waals surface area contributed by atoms with E-state index in [0.29, 0.717) is 10.8 Å². The molecule has 0 saturated heterocycles. The summed E-state index contributed by atoms with van der Waals surface area (Å²) < 4.78 is 10.6. The van der Waals surface area contributed by atoms with Crippen LogP contribution in [0.5, 0.6) is 5.75 Å². The Bertz CT molecular complexity index is 821. The van der Waals surface area contributed by atoms with Gasteiger partial charge in [0.2, 0.25) is 0 Å². The number of halogens is 1. The molecule has 150 valence electrons. The van der Waals surface area contributed by atoms with Crippen LogP contribution in [0.2, 0.25) is 5.02 Å². The van der Waals surface area contributed by atoms with Gasteiger partial charge in [-0.2, -0.15) is 0 Å². The zero-order chi connectivity index (χ0) is 20.7. The summed E-state index contributed by atoms with van der Waals surface area (Å²) in [6.07, 6.45) is 0. The Morgan fingerprint density at radius 1 is 1.07 bits per heavy atom. The summed E-state index contributed by atoms with van der Waals surface area (Å²) in [5.74, 6) is -0.190. The Hall–Kier alpha value is -2.53. The molecule has 2 rings (SSSR count). The minimum Gasteiger partial charge on any atom is -0.482 e. The maximum Gasteiger partial charge on any atom is 0.344 e. The van der Waals surface area contributed by atoms with E-state index in [-0.39, 0.29) is 31.1 Å². The molecule has 0 aliphatic carbocycles. The third kappa shape index (κ3) is 6.27. The highest BCUT2D eigenvalue weighted by Crippen LogP contribution is 2.32. The third-order valence-electron chi connectivity index (χ3n) is 4.30. The van der Waals surface area contributed by atoms with Gasteiger partial charge in [-0.3, -0.25) is 4.79 Å². The molecule has 1 amide bonds. The van der Waals surface area contributed by atoms with Gasteiger partial charge in [-0.1, -0.05) is 55.8 Å². The highest BCUT2D eigenvalue weighted by Gasteiger charge is 2.15. The number of nitrogens with one attached hydrogen (secondary N) is 1. The molecule has 0 aromatic heterocycles. The lowest BCUT2D eigenvalue weighted by atomic mass is 10.0. The van der Waals surface area contributed by atoms with E-state index in [1.165, 1.54) is 0 Å². The van der Waals surface area contributed by atoms with Crippen molar-refractivity contribution in [1.29, 1.82) is 0 Å². The number of carbonyl (C=O) groups is 2. The van der Waals surface area contributed by atoms with Crippen LogP contribution in [-0.4, -0.2) is 25.1 Å². The summed E-state index contributed by atoms with van der Waals surface area (Å²) >= 11 is 6.17. The van der Waals surface area contributed by atoms with Crippen LogP contribution in [0.3, 0.4) is 0 Å². The molecule has 0 spiro atoms. The van der Waals surface area contributed by atoms with Crippen molar-refractivity contribution >= 4 is 23.5 Å². The number of hydrogen-bond donors (Lipinski definition) is 1. The summed E-state index contributed by atoms with van der Waals surface area (Å²) in [7, 11) is 0. The highest BCUT2D eigenvalue weighted by molar-refractivity contribution is 6.31. The first-order valence-corrected chi connectivity index (χ1v) is 9.58. The van der Waals surface area contributed by atoms with Crippen LogP contribution < -0.4 is 10.1 Å². The van der Waals surface area contributed by atoms with Crippen molar-refractivity contribution in [3.05, 3.63) is 64.2 Å². The third-order valence-corrected chi connectivity index (χ3v) is 4.71. The number of carbonyl (C=O) groups excluding carboxylic acids is 2. The number of benzene rings is 2. The second-order valence-corrected chi connectivity index (χ2v) is 7.35. The van der Waals surface area contributed by atoms with Crippen LogP contribution in [0.4, 0.5) is 0 Å². The molecular formula is C22H26ClNO4. The van der Waals surface area contributed by atoms with E-state index in [4.69, 9.17) is 21.1 Å². The lowest BCUT2D eigenvalue weighted by molar-refractivity contribution is -0.150. The Balaban J connectivity index is 1.83. The van der Waals surface area contributed by atoms with Gasteiger partial charge in [0.05, 0.1) is 6.04 Å². The van der Waals surface area contributed by atoms with E-state index >= 15 is 0 Å². The van der Waals surface area contributed by atoms with Crippen LogP contribution in [-0.2, 0) is 14.3 Å². The van der Waals surface area contributed by atoms with E-state index in [2.05, 4.69) is 5.32 Å². The van der Waals surface area contributed by atoms with Crippen LogP contribution in [0.25, 0.3) is 0 Å². The van der Waals surface area contributed by atoms with Crippen molar-refractivity contribution in [2.45, 2.75) is 39.7 Å². The lowest BCUT2D eigenvalue weighted by Crippen LogP contribution is -2.32. The monoisotopic (exact) mass is 403 g/mol. The molecular weight excluding hydrogens is 378 g/mol. The normalized spacial score (nSPS) is 11.8. The molecule has 0 radical (unpaired) electrons. The van der Waals surface area contributed by atoms with Crippen molar-refractivity contribution < 1.29 is 19.1 Å². The molecule has 5 nitrogen and oxygen atoms in total. The average molecular weight is 404 g/mol. The van der Waals surface area contributed by atoms with Crippen molar-refractivity contribution in [2.24, 2.45) is 0 Å². The second kappa shape index (κ2) is 10.1. The molecule has 0 aliphatic heterocycles. The van der Waals surface area contributed by atoms with E-state index in [1.54, 1.807) is 6.07 Å². The van der Waals surface area contributed by atoms with E-state index in [9.17, 15) is 9.59 Å². The fourth-order valence-corrected chi connectivity index (χ4v) is 2.85. The number of ether oxygens (including phenoxy) is 2. The molecule has 28 heavy (non-hydrogen) atoms. The van der Waals surface area contributed by atoms with Crippen molar-refractivity contribution in [3.8, 4) is 5.75 Å². The van der Waals surface area contributed by atoms with Crippen molar-refractivity contribution in [3.63, 3.8) is 0 Å². The zero-order valence-electron chi connectivity index (χ0n) is 16.6. The Morgan fingerprint density at radius 3 is 2.39 bits per heavy atom. The van der Waals surface area contributed by atoms with Crippen molar-refractivity contribution in [2.75, 3.05) is 13.2 Å². The van der Waals surface area contributed by atoms with E-state index in [0.717, 1.165) is 16.7 Å². The molecule has 2 aromatic rings. The molecule has 0 bridgehead atoms. The van der Waals surface area contributed by atoms with Gasteiger partial charge < -0.3 is 14.8 Å². The number of hydrogen-bond acceptors (Lipinski definition) is 4. The van der Waals surface area contributed by atoms with E-state index < -0.39 is 5.97 Å². The summed E-state index contributed by atoms with van der Waals surface area (Å²) in [6, 6.07) is 13.0. The van der Waals surface area contributed by atoms with Gasteiger partial charge in [0.25, 0.3) is 5.91 Å². The quantitative estimate of drug-likeness (QED) is 0.655. The van der Waals surface area contributed by atoms with Crippen molar-refractivity contribution in [1.82, 2.24) is 5.32 Å². The van der Waals surface area contributed by atoms with Gasteiger partial charge in [0.15, 0.2) is 13.2 Å². The smallest absolute Gasteiger partial charge is 0.344 e. The van der Waals surface area contributed by atoms with Gasteiger partial charge in [-0.05, 0) is 48.6 Å². The molecule has 0 aliphatic rings. The average Bonchev–Trinajstić information content (AvgIpc) is 2.67. The number of aryl methyl sites for hydroxylation is 1. The summed E-state index contributed by atoms with van der Waals surface area (Å²) in [5.41, 5.74) is 2.76. The summed E-state index contributed by atoms with van der Waals surface area (Å²) in [6.45, 7) is 7.15. The Morgan fingerprint density at radius 2 is 1.75 bits per heavy atom. The number of amides is 1. The SMILES string of the molecule is Cc1cc(OCC(=O)OCC(=O)N[C@@H](C)c2ccccc2)c(C(C)C)cc1Cl. The predicted octanol–water partition coefficient (Wildman–Crippen LogP) is 4.57. The zero-order valence-corrected chi connectivity index (χ0v) is 17.4. The molecule has 0 unspecified atom stereocenters. The van der Waals surface area contributed by atoms with Gasteiger partial charge >= 0.3 is 5.97 Å². The molecule has 2 aromatic carbocycles. The Kier molecular flexibility index (Phi) is 7.88. The standard InChI is InChI=1S/C22H26ClNO4/c1-14(2)18-11-19(23)15(3)10-20(18)27-13-22(26)28-12-21(25)24-16(4)17-8-6-5-7-9-17/h5-11,14,16H,12-13H2,1-4H3,(H,24,25)/t16-/m0/s1. The summed E-state index contributed by atoms with van der Waals surface area (Å²) in [5, 5.41) is 3.45. The van der Waals surface area contributed by atoms with Gasteiger partial charge in [-0.25, -0.2) is 4.79 Å². The highest BCUT2D eigenvalue weighted by atomic mass is 35.5. The van der Waals surface area contributed by atoms with Crippen LogP contribution in [0.1, 0.15) is 49.4 Å². The first-order valence-electron chi connectivity index (χ1n) is 9.20. The first-order chi connectivity index (χ1) is 13.3. The topological polar surface area (TPSA) is 64.6 Å². The van der Waals surface area contributed by atoms with Gasteiger partial charge in [0, 0.05) is 5.02 Å². The van der Waals surface area contributed by atoms with Crippen LogP contribution in [0.15, 0.2) is 42.5 Å². The maximum atomic E-state index is 12.0. The second-order valence-electron chi connectivity index (χ2n) is 6.94. The Labute approximate surface area is 171 Å². The van der Waals surface area contributed by atoms with Crippen LogP contribution >= 0.6 is 11.6 Å². The molecule has 6 heteroatoms. The fraction of sp³-hybridized carbons (Fsp3) is 0.364. The molecule has 0 heterocycles. The number of esters is 1. The fourth-order valence-electron chi connectivity index (χ4n) is 2.68. The van der Waals surface area contributed by atoms with Crippen LogP contribution in [0, 0.1) is 6.92 Å². The summed E-state index contributed by atoms with van der Waals surface area (Å²) in [4.78, 5) is 23.9. The lowest BCUT2D eigenvalue weighted by Gasteiger charge is -2.16. The van der Waals surface area contributed by atoms with E-state index in [1.807, 2.05) is 64.1 Å². The van der Waals surface area contributed by atoms with Gasteiger partial charge in [0.1, 0.15) is 5.75 Å². The first kappa shape index (κ1) is 21.8. The predicted molar refractivity (Wildman–Crippen MR) is 110 cm³/mol. The molecule has 1 N–H and O–H groups in total. The molecule has 1 atom stereocenters. The molecule has 0 fully saturated rings.